The number of methoxy groups -OCH3 is 4. The summed E-state index contributed by atoms with van der Waals surface area (Å²) in [5.41, 5.74) is 2.40. The molecular formula is C22H23N3O5. The Balaban J connectivity index is 1.85. The number of imidazole rings is 1. The van der Waals surface area contributed by atoms with Gasteiger partial charge in [-0.1, -0.05) is 12.1 Å². The number of fused-ring (bicyclic) bond motifs is 1. The van der Waals surface area contributed by atoms with Crippen molar-refractivity contribution in [1.29, 1.82) is 0 Å². The average molecular weight is 409 g/mol. The predicted molar refractivity (Wildman–Crippen MR) is 111 cm³/mol. The molecule has 2 heterocycles. The molecule has 1 N–H and O–H groups in total. The Hall–Kier alpha value is -3.68. The van der Waals surface area contributed by atoms with E-state index in [-0.39, 0.29) is 18.2 Å². The summed E-state index contributed by atoms with van der Waals surface area (Å²) in [6.45, 7) is 0. The second kappa shape index (κ2) is 7.98. The molecule has 3 aromatic rings. The molecule has 1 aromatic heterocycles. The molecule has 0 saturated carbocycles. The fourth-order valence-electron chi connectivity index (χ4n) is 3.82. The minimum atomic E-state index is -0.296. The Labute approximate surface area is 174 Å². The highest BCUT2D eigenvalue weighted by Gasteiger charge is 2.34. The third-order valence-electron chi connectivity index (χ3n) is 5.21. The smallest absolute Gasteiger partial charge is 0.226 e. The van der Waals surface area contributed by atoms with Crippen molar-refractivity contribution in [3.63, 3.8) is 0 Å². The number of anilines is 1. The average Bonchev–Trinajstić information content (AvgIpc) is 3.21. The molecular weight excluding hydrogens is 386 g/mol. The van der Waals surface area contributed by atoms with Crippen LogP contribution in [0.1, 0.15) is 23.6 Å². The molecule has 1 aliphatic heterocycles. The van der Waals surface area contributed by atoms with Gasteiger partial charge in [-0.2, -0.15) is 0 Å². The van der Waals surface area contributed by atoms with Crippen molar-refractivity contribution in [3.05, 3.63) is 54.0 Å². The van der Waals surface area contributed by atoms with Gasteiger partial charge in [0.2, 0.25) is 11.7 Å². The van der Waals surface area contributed by atoms with Crippen LogP contribution in [0.25, 0.3) is 5.69 Å². The molecule has 0 bridgehead atoms. The Bertz CT molecular complexity index is 1090. The molecule has 0 fully saturated rings. The number of hydrogen-bond acceptors (Lipinski definition) is 6. The number of nitrogens with one attached hydrogen (secondary N) is 1. The van der Waals surface area contributed by atoms with Gasteiger partial charge in [0.05, 0.1) is 39.8 Å². The number of ether oxygens (including phenoxy) is 4. The van der Waals surface area contributed by atoms with E-state index in [4.69, 9.17) is 18.9 Å². The number of benzene rings is 2. The molecule has 0 aliphatic carbocycles. The second-order valence-corrected chi connectivity index (χ2v) is 6.78. The first-order chi connectivity index (χ1) is 14.6. The Morgan fingerprint density at radius 1 is 1.00 bits per heavy atom. The first kappa shape index (κ1) is 19.6. The molecule has 0 unspecified atom stereocenters. The van der Waals surface area contributed by atoms with Gasteiger partial charge in [-0.05, 0) is 18.2 Å². The van der Waals surface area contributed by atoms with E-state index in [1.807, 2.05) is 41.0 Å². The van der Waals surface area contributed by atoms with Crippen molar-refractivity contribution in [3.8, 4) is 28.7 Å². The zero-order valence-electron chi connectivity index (χ0n) is 17.3. The number of carbonyl (C=O) groups excluding carboxylic acids is 1. The largest absolute Gasteiger partial charge is 0.497 e. The summed E-state index contributed by atoms with van der Waals surface area (Å²) in [5.74, 6) is 2.51. The molecule has 0 spiro atoms. The molecule has 1 aliphatic rings. The Kier molecular flexibility index (Phi) is 5.22. The van der Waals surface area contributed by atoms with Crippen molar-refractivity contribution in [2.24, 2.45) is 0 Å². The molecule has 1 atom stereocenters. The van der Waals surface area contributed by atoms with E-state index in [0.29, 0.717) is 23.1 Å². The van der Waals surface area contributed by atoms with Gasteiger partial charge >= 0.3 is 0 Å². The van der Waals surface area contributed by atoms with Crippen molar-refractivity contribution in [1.82, 2.24) is 9.55 Å². The van der Waals surface area contributed by atoms with Crippen molar-refractivity contribution in [2.75, 3.05) is 33.8 Å². The molecule has 8 heteroatoms. The standard InChI is InChI=1S/C22H23N3O5/c1-27-14-7-5-6-13(10-14)25-12-23-19-16(11-18(26)24-22(19)25)15-8-9-17(28-2)21(30-4)20(15)29-3/h5-10,12,16H,11H2,1-4H3,(H,24,26)/t16-/m0/s1. The predicted octanol–water partition coefficient (Wildman–Crippen LogP) is 3.38. The maximum atomic E-state index is 12.6. The Morgan fingerprint density at radius 3 is 2.50 bits per heavy atom. The summed E-state index contributed by atoms with van der Waals surface area (Å²) in [7, 11) is 6.31. The van der Waals surface area contributed by atoms with Crippen LogP contribution in [0.4, 0.5) is 5.82 Å². The van der Waals surface area contributed by atoms with Crippen LogP contribution in [-0.4, -0.2) is 43.9 Å². The molecule has 8 nitrogen and oxygen atoms in total. The van der Waals surface area contributed by atoms with Crippen LogP contribution in [0.2, 0.25) is 0 Å². The van der Waals surface area contributed by atoms with Crippen molar-refractivity contribution >= 4 is 11.7 Å². The Morgan fingerprint density at radius 2 is 1.80 bits per heavy atom. The van der Waals surface area contributed by atoms with Crippen LogP contribution in [0.3, 0.4) is 0 Å². The van der Waals surface area contributed by atoms with Gasteiger partial charge in [0.25, 0.3) is 0 Å². The lowest BCUT2D eigenvalue weighted by molar-refractivity contribution is -0.116. The highest BCUT2D eigenvalue weighted by molar-refractivity contribution is 5.94. The number of aromatic nitrogens is 2. The molecule has 30 heavy (non-hydrogen) atoms. The van der Waals surface area contributed by atoms with Gasteiger partial charge in [0.15, 0.2) is 11.5 Å². The van der Waals surface area contributed by atoms with E-state index in [9.17, 15) is 4.79 Å². The maximum Gasteiger partial charge on any atom is 0.226 e. The number of rotatable bonds is 6. The monoisotopic (exact) mass is 409 g/mol. The molecule has 2 aromatic carbocycles. The summed E-state index contributed by atoms with van der Waals surface area (Å²) >= 11 is 0. The van der Waals surface area contributed by atoms with Crippen LogP contribution in [0, 0.1) is 0 Å². The second-order valence-electron chi connectivity index (χ2n) is 6.78. The van der Waals surface area contributed by atoms with Crippen LogP contribution in [0.15, 0.2) is 42.7 Å². The molecule has 0 saturated heterocycles. The summed E-state index contributed by atoms with van der Waals surface area (Å²) in [4.78, 5) is 17.3. The first-order valence-corrected chi connectivity index (χ1v) is 9.41. The van der Waals surface area contributed by atoms with E-state index < -0.39 is 0 Å². The minimum absolute atomic E-state index is 0.103. The van der Waals surface area contributed by atoms with E-state index >= 15 is 0 Å². The normalized spacial score (nSPS) is 15.2. The fraction of sp³-hybridized carbons (Fsp3) is 0.273. The van der Waals surface area contributed by atoms with Gasteiger partial charge in [-0.3, -0.25) is 9.36 Å². The lowest BCUT2D eigenvalue weighted by atomic mass is 9.88. The highest BCUT2D eigenvalue weighted by Crippen LogP contribution is 2.47. The van der Waals surface area contributed by atoms with Gasteiger partial charge in [-0.15, -0.1) is 0 Å². The van der Waals surface area contributed by atoms with Crippen LogP contribution in [0.5, 0.6) is 23.0 Å². The van der Waals surface area contributed by atoms with E-state index in [0.717, 1.165) is 22.7 Å². The number of carbonyl (C=O) groups is 1. The van der Waals surface area contributed by atoms with Crippen molar-refractivity contribution in [2.45, 2.75) is 12.3 Å². The van der Waals surface area contributed by atoms with Gasteiger partial charge in [-0.25, -0.2) is 4.98 Å². The van der Waals surface area contributed by atoms with Crippen LogP contribution < -0.4 is 24.3 Å². The van der Waals surface area contributed by atoms with Gasteiger partial charge < -0.3 is 24.3 Å². The third-order valence-corrected chi connectivity index (χ3v) is 5.21. The quantitative estimate of drug-likeness (QED) is 0.672. The van der Waals surface area contributed by atoms with Crippen LogP contribution >= 0.6 is 0 Å². The van der Waals surface area contributed by atoms with E-state index in [2.05, 4.69) is 10.3 Å². The molecule has 1 amide bonds. The summed E-state index contributed by atoms with van der Waals surface area (Å²) in [6, 6.07) is 11.3. The fourth-order valence-corrected chi connectivity index (χ4v) is 3.82. The zero-order chi connectivity index (χ0) is 21.3. The van der Waals surface area contributed by atoms with E-state index in [1.54, 1.807) is 34.8 Å². The SMILES string of the molecule is COc1cccc(-n2cnc3c2NC(=O)C[C@H]3c2ccc(OC)c(OC)c2OC)c1. The lowest BCUT2D eigenvalue weighted by Gasteiger charge is -2.26. The summed E-state index contributed by atoms with van der Waals surface area (Å²) in [6.07, 6.45) is 1.94. The third kappa shape index (κ3) is 3.20. The van der Waals surface area contributed by atoms with Gasteiger partial charge in [0, 0.05) is 24.0 Å². The number of amides is 1. The lowest BCUT2D eigenvalue weighted by Crippen LogP contribution is -2.25. The zero-order valence-corrected chi connectivity index (χ0v) is 17.3. The topological polar surface area (TPSA) is 83.8 Å². The number of hydrogen-bond donors (Lipinski definition) is 1. The molecule has 156 valence electrons. The summed E-state index contributed by atoms with van der Waals surface area (Å²) < 4.78 is 23.7. The minimum Gasteiger partial charge on any atom is -0.497 e. The first-order valence-electron chi connectivity index (χ1n) is 9.41. The summed E-state index contributed by atoms with van der Waals surface area (Å²) in [5, 5.41) is 2.96. The maximum absolute atomic E-state index is 12.6. The molecule has 4 rings (SSSR count). The van der Waals surface area contributed by atoms with Crippen LogP contribution in [-0.2, 0) is 4.79 Å². The molecule has 0 radical (unpaired) electrons. The van der Waals surface area contributed by atoms with E-state index in [1.165, 1.54) is 0 Å². The van der Waals surface area contributed by atoms with Crippen molar-refractivity contribution < 1.29 is 23.7 Å². The highest BCUT2D eigenvalue weighted by atomic mass is 16.5. The van der Waals surface area contributed by atoms with Gasteiger partial charge in [0.1, 0.15) is 17.9 Å². The number of nitrogens with zero attached hydrogens (tertiary/aromatic N) is 2.